The highest BCUT2D eigenvalue weighted by Crippen LogP contribution is 2.20. The van der Waals surface area contributed by atoms with Gasteiger partial charge < -0.3 is 38.7 Å². The molecule has 6 aromatic rings. The zero-order valence-corrected chi connectivity index (χ0v) is 42.8. The number of pyridine rings is 3. The average Bonchev–Trinajstić information content (AvgIpc) is 3.39. The molecule has 6 rings (SSSR count). The number of non-ortho nitro benzene ring substituents is 1. The molecule has 2 N–H and O–H groups in total. The highest BCUT2D eigenvalue weighted by atomic mass is 16.6. The van der Waals surface area contributed by atoms with E-state index in [4.69, 9.17) is 9.47 Å². The third-order valence-electron chi connectivity index (χ3n) is 12.7. The molecule has 390 valence electrons. The molecule has 0 saturated heterocycles. The smallest absolute Gasteiger partial charge is 0.293 e. The van der Waals surface area contributed by atoms with Gasteiger partial charge in [-0.05, 0) is 80.1 Å². The number of hydrogen-bond acceptors (Lipinski definition) is 12. The van der Waals surface area contributed by atoms with Gasteiger partial charge in [0, 0.05) is 109 Å². The number of ether oxygens (including phenoxy) is 2. The average molecular weight is 1010 g/mol. The second kappa shape index (κ2) is 27.2. The monoisotopic (exact) mass is 1010 g/mol. The Labute approximate surface area is 430 Å². The summed E-state index contributed by atoms with van der Waals surface area (Å²) >= 11 is 0. The molecular formula is C56H66N8O10. The zero-order chi connectivity index (χ0) is 53.1. The Balaban J connectivity index is 1.23. The van der Waals surface area contributed by atoms with Crippen molar-refractivity contribution in [1.82, 2.24) is 34.1 Å². The molecule has 0 saturated carbocycles. The highest BCUT2D eigenvalue weighted by Gasteiger charge is 2.23. The summed E-state index contributed by atoms with van der Waals surface area (Å²) < 4.78 is 16.1. The van der Waals surface area contributed by atoms with Crippen LogP contribution < -0.4 is 36.8 Å². The molecule has 18 heteroatoms. The maximum Gasteiger partial charge on any atom is 0.293 e. The number of benzene rings is 3. The fourth-order valence-corrected chi connectivity index (χ4v) is 8.72. The fourth-order valence-electron chi connectivity index (χ4n) is 8.72. The van der Waals surface area contributed by atoms with Crippen LogP contribution in [0, 0.1) is 23.0 Å². The van der Waals surface area contributed by atoms with Gasteiger partial charge in [-0.2, -0.15) is 0 Å². The zero-order valence-electron chi connectivity index (χ0n) is 42.8. The van der Waals surface area contributed by atoms with Gasteiger partial charge in [-0.3, -0.25) is 43.8 Å². The van der Waals surface area contributed by atoms with E-state index in [1.807, 2.05) is 60.7 Å². The Morgan fingerprint density at radius 2 is 1.07 bits per heavy atom. The van der Waals surface area contributed by atoms with Crippen molar-refractivity contribution in [3.05, 3.63) is 202 Å². The molecule has 3 aromatic carbocycles. The Bertz CT molecular complexity index is 2920. The first-order chi connectivity index (χ1) is 35.6. The third kappa shape index (κ3) is 15.5. The summed E-state index contributed by atoms with van der Waals surface area (Å²) in [7, 11) is 4.81. The SMILES string of the molecule is CCCN(CCCC(=O)c1ccn(C)c(=O)c1C)CC(Cc1ccc([N+](=O)[O-])cc1)CN(CCNC(=O)c1ccn(C)c(=O)c1OCc1ccccc1)CCNC(=O)c1ccn(C)c(=O)c1OCc1ccccc1. The standard InChI is InChI=1S/C56H66N8O10/c1-6-28-62(29-13-18-49(65)46-23-30-59(3)54(68)40(46)2)36-44(35-41-19-21-45(22-20-41)64(71)72)37-63(33-26-57-52(66)47-24-31-60(4)55(69)50(47)73-38-42-14-9-7-10-15-42)34-27-58-53(67)48-25-32-61(5)56(70)51(48)74-39-43-16-11-8-12-17-43/h7-12,14-17,19-25,30-32,44H,6,13,18,26-29,33-39H2,1-5H3,(H,57,66)(H,58,67). The van der Waals surface area contributed by atoms with Gasteiger partial charge in [0.15, 0.2) is 17.3 Å². The number of nitro benzene ring substituents is 1. The lowest BCUT2D eigenvalue weighted by Gasteiger charge is -2.32. The number of Topliss-reactive ketones (excluding diaryl/α,β-unsaturated/α-hetero) is 1. The van der Waals surface area contributed by atoms with E-state index in [0.29, 0.717) is 56.7 Å². The number of ketones is 1. The van der Waals surface area contributed by atoms with Gasteiger partial charge in [-0.25, -0.2) is 0 Å². The largest absolute Gasteiger partial charge is 0.482 e. The topological polar surface area (TPSA) is 209 Å². The quantitative estimate of drug-likeness (QED) is 0.0337. The molecule has 3 aromatic heterocycles. The van der Waals surface area contributed by atoms with Gasteiger partial charge in [0.1, 0.15) is 13.2 Å². The first-order valence-corrected chi connectivity index (χ1v) is 24.8. The first-order valence-electron chi connectivity index (χ1n) is 24.8. The second-order valence-electron chi connectivity index (χ2n) is 18.4. The molecule has 0 spiro atoms. The number of rotatable bonds is 28. The van der Waals surface area contributed by atoms with Crippen molar-refractivity contribution in [3.8, 4) is 11.5 Å². The van der Waals surface area contributed by atoms with Crippen molar-refractivity contribution in [2.24, 2.45) is 27.1 Å². The Kier molecular flexibility index (Phi) is 20.3. The van der Waals surface area contributed by atoms with Crippen LogP contribution in [0.5, 0.6) is 11.5 Å². The van der Waals surface area contributed by atoms with E-state index in [0.717, 1.165) is 29.7 Å². The van der Waals surface area contributed by atoms with Crippen LogP contribution >= 0.6 is 0 Å². The van der Waals surface area contributed by atoms with E-state index in [9.17, 15) is 38.9 Å². The van der Waals surface area contributed by atoms with Crippen LogP contribution in [0.2, 0.25) is 0 Å². The van der Waals surface area contributed by atoms with E-state index in [-0.39, 0.29) is 78.3 Å². The van der Waals surface area contributed by atoms with Gasteiger partial charge >= 0.3 is 0 Å². The maximum atomic E-state index is 13.9. The molecule has 3 heterocycles. The van der Waals surface area contributed by atoms with Crippen molar-refractivity contribution in [2.75, 3.05) is 52.4 Å². The summed E-state index contributed by atoms with van der Waals surface area (Å²) in [4.78, 5) is 96.0. The lowest BCUT2D eigenvalue weighted by atomic mass is 9.97. The lowest BCUT2D eigenvalue weighted by molar-refractivity contribution is -0.384. The Morgan fingerprint density at radius 1 is 0.608 bits per heavy atom. The summed E-state index contributed by atoms with van der Waals surface area (Å²) in [5, 5.41) is 17.5. The van der Waals surface area contributed by atoms with Gasteiger partial charge in [-0.15, -0.1) is 0 Å². The molecule has 1 unspecified atom stereocenters. The van der Waals surface area contributed by atoms with E-state index < -0.39 is 27.9 Å². The first kappa shape index (κ1) is 55.4. The number of nitrogens with one attached hydrogen (secondary N) is 2. The van der Waals surface area contributed by atoms with Crippen LogP contribution in [-0.4, -0.2) is 98.4 Å². The predicted octanol–water partition coefficient (Wildman–Crippen LogP) is 5.85. The van der Waals surface area contributed by atoms with Crippen molar-refractivity contribution in [1.29, 1.82) is 0 Å². The maximum absolute atomic E-state index is 13.9. The fraction of sp³-hybridized carbons (Fsp3) is 0.357. The third-order valence-corrected chi connectivity index (χ3v) is 12.7. The van der Waals surface area contributed by atoms with Crippen LogP contribution in [0.1, 0.15) is 79.5 Å². The van der Waals surface area contributed by atoms with Crippen molar-refractivity contribution >= 4 is 23.3 Å². The number of carbonyl (C=O) groups excluding carboxylic acids is 3. The lowest BCUT2D eigenvalue weighted by Crippen LogP contribution is -2.44. The van der Waals surface area contributed by atoms with E-state index in [1.165, 1.54) is 50.4 Å². The summed E-state index contributed by atoms with van der Waals surface area (Å²) in [5.41, 5.74) is 2.33. The molecule has 18 nitrogen and oxygen atoms in total. The minimum absolute atomic E-state index is 0.0306. The molecule has 0 bridgehead atoms. The number of hydrogen-bond donors (Lipinski definition) is 2. The number of aryl methyl sites for hydroxylation is 3. The number of nitro groups is 1. The molecule has 0 radical (unpaired) electrons. The highest BCUT2D eigenvalue weighted by molar-refractivity contribution is 5.98. The van der Waals surface area contributed by atoms with Crippen molar-refractivity contribution in [3.63, 3.8) is 0 Å². The van der Waals surface area contributed by atoms with Crippen LogP contribution in [0.3, 0.4) is 0 Å². The summed E-state index contributed by atoms with van der Waals surface area (Å²) in [6, 6.07) is 29.8. The van der Waals surface area contributed by atoms with Crippen LogP contribution in [0.4, 0.5) is 5.69 Å². The van der Waals surface area contributed by atoms with Crippen LogP contribution in [-0.2, 0) is 40.8 Å². The Hall–Kier alpha value is -7.96. The van der Waals surface area contributed by atoms with Gasteiger partial charge in [0.25, 0.3) is 34.2 Å². The summed E-state index contributed by atoms with van der Waals surface area (Å²) in [5.74, 6) is -1.39. The van der Waals surface area contributed by atoms with Gasteiger partial charge in [-0.1, -0.05) is 79.7 Å². The molecule has 0 aliphatic rings. The summed E-state index contributed by atoms with van der Waals surface area (Å²) in [6.07, 6.45) is 6.74. The van der Waals surface area contributed by atoms with Crippen molar-refractivity contribution in [2.45, 2.75) is 52.7 Å². The van der Waals surface area contributed by atoms with Gasteiger partial charge in [0.05, 0.1) is 16.1 Å². The number of aromatic nitrogens is 3. The normalized spacial score (nSPS) is 11.6. The van der Waals surface area contributed by atoms with E-state index in [1.54, 1.807) is 52.5 Å². The minimum Gasteiger partial charge on any atom is -0.482 e. The molecule has 0 fully saturated rings. The van der Waals surface area contributed by atoms with E-state index >= 15 is 0 Å². The number of carbonyl (C=O) groups is 3. The van der Waals surface area contributed by atoms with E-state index in [2.05, 4.69) is 27.4 Å². The molecular weight excluding hydrogens is 945 g/mol. The molecule has 0 aliphatic carbocycles. The second-order valence-corrected chi connectivity index (χ2v) is 18.4. The molecule has 74 heavy (non-hydrogen) atoms. The molecule has 0 aliphatic heterocycles. The predicted molar refractivity (Wildman–Crippen MR) is 283 cm³/mol. The number of nitrogens with zero attached hydrogens (tertiary/aromatic N) is 6. The molecule has 2 amide bonds. The summed E-state index contributed by atoms with van der Waals surface area (Å²) in [6.45, 7) is 7.10. The van der Waals surface area contributed by atoms with Crippen molar-refractivity contribution < 1.29 is 28.8 Å². The minimum atomic E-state index is -0.509. The molecule has 1 atom stereocenters. The van der Waals surface area contributed by atoms with Crippen LogP contribution in [0.25, 0.3) is 0 Å². The number of amides is 2. The van der Waals surface area contributed by atoms with Crippen LogP contribution in [0.15, 0.2) is 136 Å². The van der Waals surface area contributed by atoms with Gasteiger partial charge in [0.2, 0.25) is 0 Å². The Morgan fingerprint density at radius 3 is 1.54 bits per heavy atom.